The Bertz CT molecular complexity index is 1510. The summed E-state index contributed by atoms with van der Waals surface area (Å²) in [5, 5.41) is 3.40. The van der Waals surface area contributed by atoms with Crippen molar-refractivity contribution in [2.24, 2.45) is 0 Å². The summed E-state index contributed by atoms with van der Waals surface area (Å²) >= 11 is 9.28. The first-order valence-corrected chi connectivity index (χ1v) is 13.9. The van der Waals surface area contributed by atoms with E-state index in [1.54, 1.807) is 66.7 Å². The molecule has 0 unspecified atom stereocenters. The van der Waals surface area contributed by atoms with Gasteiger partial charge in [-0.15, -0.1) is 0 Å². The molecule has 0 heterocycles. The number of anilines is 2. The Kier molecular flexibility index (Phi) is 8.22. The van der Waals surface area contributed by atoms with Crippen LogP contribution in [0, 0.1) is 6.92 Å². The fourth-order valence-electron chi connectivity index (χ4n) is 3.62. The number of halogens is 2. The Morgan fingerprint density at radius 2 is 1.59 bits per heavy atom. The van der Waals surface area contributed by atoms with Crippen LogP contribution in [0.4, 0.5) is 11.4 Å². The van der Waals surface area contributed by atoms with E-state index in [1.165, 1.54) is 23.5 Å². The number of nitrogens with zero attached hydrogens (tertiary/aromatic N) is 1. The highest BCUT2D eigenvalue weighted by molar-refractivity contribution is 9.10. The Morgan fingerprint density at radius 1 is 0.946 bits per heavy atom. The minimum Gasteiger partial charge on any atom is -0.496 e. The van der Waals surface area contributed by atoms with Crippen LogP contribution in [0.25, 0.3) is 0 Å². The number of carbonyl (C=O) groups is 1. The van der Waals surface area contributed by atoms with Crippen molar-refractivity contribution in [2.45, 2.75) is 18.4 Å². The Balaban J connectivity index is 1.61. The second-order valence-electron chi connectivity index (χ2n) is 8.30. The third kappa shape index (κ3) is 6.33. The van der Waals surface area contributed by atoms with Crippen molar-refractivity contribution in [1.29, 1.82) is 0 Å². The van der Waals surface area contributed by atoms with Crippen LogP contribution in [-0.4, -0.2) is 21.4 Å². The second-order valence-corrected chi connectivity index (χ2v) is 11.5. The molecule has 1 amide bonds. The van der Waals surface area contributed by atoms with E-state index in [4.69, 9.17) is 16.3 Å². The highest BCUT2D eigenvalue weighted by atomic mass is 79.9. The third-order valence-electron chi connectivity index (χ3n) is 5.68. The number of benzene rings is 4. The predicted octanol–water partition coefficient (Wildman–Crippen LogP) is 7.07. The normalized spacial score (nSPS) is 11.1. The average molecular weight is 600 g/mol. The summed E-state index contributed by atoms with van der Waals surface area (Å²) < 4.78 is 34.7. The molecule has 9 heteroatoms. The van der Waals surface area contributed by atoms with Gasteiger partial charge >= 0.3 is 0 Å². The first-order valence-electron chi connectivity index (χ1n) is 11.3. The molecule has 190 valence electrons. The first kappa shape index (κ1) is 26.7. The fraction of sp³-hybridized carbons (Fsp3) is 0.107. The molecule has 0 aliphatic heterocycles. The summed E-state index contributed by atoms with van der Waals surface area (Å²) in [4.78, 5) is 12.8. The zero-order chi connectivity index (χ0) is 26.6. The van der Waals surface area contributed by atoms with Crippen LogP contribution in [0.5, 0.6) is 5.75 Å². The number of amides is 1. The Morgan fingerprint density at radius 3 is 2.19 bits per heavy atom. The number of ether oxygens (including phenoxy) is 1. The van der Waals surface area contributed by atoms with Crippen LogP contribution >= 0.6 is 27.5 Å². The van der Waals surface area contributed by atoms with Crippen LogP contribution in [0.15, 0.2) is 100 Å². The molecule has 1 N–H and O–H groups in total. The molecule has 4 aromatic rings. The van der Waals surface area contributed by atoms with Gasteiger partial charge < -0.3 is 10.1 Å². The molecule has 0 atom stereocenters. The summed E-state index contributed by atoms with van der Waals surface area (Å²) in [6.45, 7) is 2.02. The summed E-state index contributed by atoms with van der Waals surface area (Å²) in [5.41, 5.74) is 3.34. The molecule has 0 spiro atoms. The number of hydrogen-bond donors (Lipinski definition) is 1. The lowest BCUT2D eigenvalue weighted by Gasteiger charge is -2.25. The molecule has 0 saturated carbocycles. The summed E-state index contributed by atoms with van der Waals surface area (Å²) in [6, 6.07) is 25.6. The quantitative estimate of drug-likeness (QED) is 0.235. The third-order valence-corrected chi connectivity index (χ3v) is 8.32. The molecule has 0 aliphatic carbocycles. The fourth-order valence-corrected chi connectivity index (χ4v) is 5.92. The van der Waals surface area contributed by atoms with Gasteiger partial charge in [-0.2, -0.15) is 0 Å². The van der Waals surface area contributed by atoms with Gasteiger partial charge in [0.2, 0.25) is 0 Å². The van der Waals surface area contributed by atoms with Gasteiger partial charge in [-0.1, -0.05) is 41.4 Å². The second kappa shape index (κ2) is 11.4. The number of nitrogens with one attached hydrogen (secondary N) is 1. The van der Waals surface area contributed by atoms with E-state index in [-0.39, 0.29) is 17.3 Å². The monoisotopic (exact) mass is 598 g/mol. The van der Waals surface area contributed by atoms with Crippen molar-refractivity contribution >= 4 is 54.8 Å². The number of hydrogen-bond acceptors (Lipinski definition) is 4. The summed E-state index contributed by atoms with van der Waals surface area (Å²) in [5.74, 6) is 0.258. The van der Waals surface area contributed by atoms with Crippen LogP contribution < -0.4 is 14.4 Å². The molecule has 0 aliphatic rings. The maximum Gasteiger partial charge on any atom is 0.264 e. The zero-order valence-corrected chi connectivity index (χ0v) is 23.3. The highest BCUT2D eigenvalue weighted by Gasteiger charge is 2.26. The van der Waals surface area contributed by atoms with E-state index >= 15 is 0 Å². The molecular formula is C28H24BrClN2O4S. The van der Waals surface area contributed by atoms with Gasteiger partial charge in [0.15, 0.2) is 0 Å². The minimum atomic E-state index is -3.93. The number of sulfonamides is 1. The van der Waals surface area contributed by atoms with Crippen molar-refractivity contribution < 1.29 is 17.9 Å². The van der Waals surface area contributed by atoms with Gasteiger partial charge in [0.05, 0.1) is 28.7 Å². The van der Waals surface area contributed by atoms with Crippen LogP contribution in [0.2, 0.25) is 5.02 Å². The van der Waals surface area contributed by atoms with Crippen molar-refractivity contribution in [3.05, 3.63) is 117 Å². The van der Waals surface area contributed by atoms with Gasteiger partial charge in [0.25, 0.3) is 15.9 Å². The minimum absolute atomic E-state index is 0.0775. The van der Waals surface area contributed by atoms with Crippen molar-refractivity contribution in [2.75, 3.05) is 16.7 Å². The van der Waals surface area contributed by atoms with Crippen molar-refractivity contribution in [1.82, 2.24) is 0 Å². The molecule has 0 bridgehead atoms. The molecule has 0 fully saturated rings. The van der Waals surface area contributed by atoms with E-state index in [1.807, 2.05) is 19.1 Å². The number of methoxy groups -OCH3 is 1. The molecule has 0 radical (unpaired) electrons. The highest BCUT2D eigenvalue weighted by Crippen LogP contribution is 2.32. The van der Waals surface area contributed by atoms with Gasteiger partial charge in [0, 0.05) is 16.3 Å². The molecule has 0 saturated heterocycles. The summed E-state index contributed by atoms with van der Waals surface area (Å²) in [7, 11) is -2.41. The van der Waals surface area contributed by atoms with Crippen LogP contribution in [0.3, 0.4) is 0 Å². The lowest BCUT2D eigenvalue weighted by molar-refractivity contribution is 0.102. The lowest BCUT2D eigenvalue weighted by atomic mass is 10.1. The van der Waals surface area contributed by atoms with Gasteiger partial charge in [-0.3, -0.25) is 9.10 Å². The Hall–Kier alpha value is -3.33. The molecule has 0 aromatic heterocycles. The number of rotatable bonds is 8. The van der Waals surface area contributed by atoms with E-state index in [0.717, 1.165) is 11.1 Å². The predicted molar refractivity (Wildman–Crippen MR) is 151 cm³/mol. The maximum atomic E-state index is 13.8. The number of aryl methyl sites for hydroxylation is 1. The van der Waals surface area contributed by atoms with E-state index in [0.29, 0.717) is 32.2 Å². The molecule has 6 nitrogen and oxygen atoms in total. The zero-order valence-electron chi connectivity index (χ0n) is 20.1. The van der Waals surface area contributed by atoms with Crippen LogP contribution in [-0.2, 0) is 16.6 Å². The average Bonchev–Trinajstić information content (AvgIpc) is 2.89. The van der Waals surface area contributed by atoms with Gasteiger partial charge in [-0.25, -0.2) is 8.42 Å². The van der Waals surface area contributed by atoms with Crippen LogP contribution in [0.1, 0.15) is 21.5 Å². The molecule has 37 heavy (non-hydrogen) atoms. The van der Waals surface area contributed by atoms with Crippen molar-refractivity contribution in [3.63, 3.8) is 0 Å². The Labute approximate surface area is 230 Å². The molecule has 4 rings (SSSR count). The smallest absolute Gasteiger partial charge is 0.264 e. The van der Waals surface area contributed by atoms with Crippen molar-refractivity contribution in [3.8, 4) is 5.75 Å². The topological polar surface area (TPSA) is 75.7 Å². The van der Waals surface area contributed by atoms with Gasteiger partial charge in [-0.05, 0) is 95.1 Å². The number of carbonyl (C=O) groups excluding carboxylic acids is 1. The van der Waals surface area contributed by atoms with E-state index in [9.17, 15) is 13.2 Å². The lowest BCUT2D eigenvalue weighted by Crippen LogP contribution is -2.30. The summed E-state index contributed by atoms with van der Waals surface area (Å²) in [6.07, 6.45) is 0. The maximum absolute atomic E-state index is 13.8. The SMILES string of the molecule is COc1ccc(S(=O)(=O)N(Cc2ccc(C(=O)Nc3ccc(Cl)cc3)cc2)c2ccc(C)cc2)cc1Br. The van der Waals surface area contributed by atoms with Gasteiger partial charge in [0.1, 0.15) is 5.75 Å². The van der Waals surface area contributed by atoms with E-state index < -0.39 is 10.0 Å². The standard InChI is InChI=1S/C28H24BrClN2O4S/c1-19-3-13-24(14-4-19)32(37(34,35)25-15-16-27(36-2)26(29)17-25)18-20-5-7-21(8-6-20)28(33)31-23-11-9-22(30)10-12-23/h3-17H,18H2,1-2H3,(H,31,33). The molecule has 4 aromatic carbocycles. The van der Waals surface area contributed by atoms with E-state index in [2.05, 4.69) is 21.2 Å². The first-order chi connectivity index (χ1) is 17.7. The largest absolute Gasteiger partial charge is 0.496 e. The molecular weight excluding hydrogens is 576 g/mol.